The molecule has 6 heteroatoms. The van der Waals surface area contributed by atoms with Crippen molar-refractivity contribution in [3.8, 4) is 23.8 Å². The zero-order valence-corrected chi connectivity index (χ0v) is 16.4. The van der Waals surface area contributed by atoms with Crippen molar-refractivity contribution in [2.45, 2.75) is 17.9 Å². The molecule has 0 aliphatic heterocycles. The number of oxazole rings is 1. The minimum Gasteiger partial charge on any atom is -0.436 e. The molecule has 0 aliphatic carbocycles. The molecule has 0 aliphatic rings. The number of fused-ring (bicyclic) bond motifs is 1. The Labute approximate surface area is 169 Å². The molecule has 4 aromatic rings. The van der Waals surface area contributed by atoms with Crippen LogP contribution in [0, 0.1) is 19.3 Å². The quantitative estimate of drug-likeness (QED) is 0.351. The van der Waals surface area contributed by atoms with Crippen LogP contribution in [0.4, 0.5) is 0 Å². The number of benzene rings is 3. The number of terminal acetylenes is 1. The van der Waals surface area contributed by atoms with Crippen molar-refractivity contribution in [3.05, 3.63) is 83.9 Å². The Balaban J connectivity index is 1.60. The topological polar surface area (TPSA) is 69.4 Å². The molecule has 0 saturated carbocycles. The second kappa shape index (κ2) is 7.55. The molecule has 0 radical (unpaired) electrons. The third-order valence-electron chi connectivity index (χ3n) is 4.49. The number of hydrogen-bond acceptors (Lipinski definition) is 5. The highest BCUT2D eigenvalue weighted by molar-refractivity contribution is 7.86. The van der Waals surface area contributed by atoms with Crippen LogP contribution in [0.5, 0.6) is 0 Å². The lowest BCUT2D eigenvalue weighted by molar-refractivity contribution is 0.270. The maximum atomic E-state index is 12.6. The highest BCUT2D eigenvalue weighted by atomic mass is 32.2. The summed E-state index contributed by atoms with van der Waals surface area (Å²) in [7, 11) is -4.00. The molecule has 1 aromatic heterocycles. The molecule has 0 saturated heterocycles. The van der Waals surface area contributed by atoms with Gasteiger partial charge in [-0.3, -0.25) is 0 Å². The number of para-hydroxylation sites is 2. The van der Waals surface area contributed by atoms with E-state index in [0.717, 1.165) is 11.1 Å². The molecule has 144 valence electrons. The maximum absolute atomic E-state index is 12.6. The zero-order chi connectivity index (χ0) is 20.4. The number of aryl methyl sites for hydroxylation is 1. The summed E-state index contributed by atoms with van der Waals surface area (Å²) < 4.78 is 36.4. The van der Waals surface area contributed by atoms with Gasteiger partial charge in [-0.05, 0) is 48.4 Å². The second-order valence-electron chi connectivity index (χ2n) is 6.47. The van der Waals surface area contributed by atoms with Crippen LogP contribution in [-0.4, -0.2) is 13.4 Å². The van der Waals surface area contributed by atoms with Gasteiger partial charge in [0, 0.05) is 5.56 Å². The average Bonchev–Trinajstić information content (AvgIpc) is 3.17. The molecule has 0 fully saturated rings. The van der Waals surface area contributed by atoms with Crippen LogP contribution >= 0.6 is 0 Å². The summed E-state index contributed by atoms with van der Waals surface area (Å²) in [6, 6.07) is 21.1. The van der Waals surface area contributed by atoms with E-state index in [1.54, 1.807) is 49.4 Å². The van der Waals surface area contributed by atoms with Gasteiger partial charge in [0.1, 0.15) is 5.52 Å². The van der Waals surface area contributed by atoms with E-state index in [9.17, 15) is 8.42 Å². The summed E-state index contributed by atoms with van der Waals surface area (Å²) in [5, 5.41) is 0. The lowest BCUT2D eigenvalue weighted by atomic mass is 10.1. The Morgan fingerprint density at radius 3 is 2.38 bits per heavy atom. The van der Waals surface area contributed by atoms with Crippen molar-refractivity contribution < 1.29 is 17.0 Å². The summed E-state index contributed by atoms with van der Waals surface area (Å²) in [5.74, 6) is 2.88. The predicted molar refractivity (Wildman–Crippen MR) is 110 cm³/mol. The highest BCUT2D eigenvalue weighted by Crippen LogP contribution is 2.28. The van der Waals surface area contributed by atoms with E-state index in [4.69, 9.17) is 15.0 Å². The Hall–Kier alpha value is -3.40. The molecule has 0 amide bonds. The van der Waals surface area contributed by atoms with Crippen molar-refractivity contribution in [1.29, 1.82) is 0 Å². The van der Waals surface area contributed by atoms with E-state index in [-0.39, 0.29) is 4.90 Å². The van der Waals surface area contributed by atoms with Crippen LogP contribution in [-0.2, 0) is 14.3 Å². The van der Waals surface area contributed by atoms with Gasteiger partial charge in [-0.1, -0.05) is 48.4 Å². The molecule has 3 aromatic carbocycles. The maximum Gasteiger partial charge on any atom is 0.298 e. The second-order valence-corrected chi connectivity index (χ2v) is 8.01. The Kier molecular flexibility index (Phi) is 4.93. The van der Waals surface area contributed by atoms with Crippen LogP contribution in [0.3, 0.4) is 0 Å². The molecule has 1 heterocycles. The first kappa shape index (κ1) is 18.9. The fourth-order valence-corrected chi connectivity index (χ4v) is 4.22. The number of nitrogens with zero attached hydrogens (tertiary/aromatic N) is 1. The molecular weight excluding hydrogens is 386 g/mol. The van der Waals surface area contributed by atoms with Crippen molar-refractivity contribution in [2.75, 3.05) is 0 Å². The van der Waals surface area contributed by atoms with E-state index >= 15 is 0 Å². The summed E-state index contributed by atoms with van der Waals surface area (Å²) in [6.07, 6.45) is 4.51. The monoisotopic (exact) mass is 403 g/mol. The first-order chi connectivity index (χ1) is 14.0. The number of aromatic nitrogens is 1. The average molecular weight is 403 g/mol. The minimum absolute atomic E-state index is 0.100. The van der Waals surface area contributed by atoms with Crippen LogP contribution in [0.2, 0.25) is 0 Å². The van der Waals surface area contributed by atoms with Crippen molar-refractivity contribution >= 4 is 21.2 Å². The van der Waals surface area contributed by atoms with Gasteiger partial charge in [0.05, 0.1) is 4.90 Å². The molecule has 5 nitrogen and oxygen atoms in total. The fourth-order valence-electron chi connectivity index (χ4n) is 2.99. The van der Waals surface area contributed by atoms with Crippen molar-refractivity contribution in [3.63, 3.8) is 0 Å². The molecule has 1 unspecified atom stereocenters. The summed E-state index contributed by atoms with van der Waals surface area (Å²) in [6.45, 7) is 1.70. The van der Waals surface area contributed by atoms with Gasteiger partial charge < -0.3 is 4.42 Å². The normalized spacial score (nSPS) is 12.6. The zero-order valence-electron chi connectivity index (χ0n) is 15.6. The number of rotatable bonds is 5. The Bertz CT molecular complexity index is 1280. The van der Waals surface area contributed by atoms with Crippen LogP contribution in [0.1, 0.15) is 17.2 Å². The Morgan fingerprint density at radius 2 is 1.69 bits per heavy atom. The Morgan fingerprint density at radius 1 is 1.00 bits per heavy atom. The summed E-state index contributed by atoms with van der Waals surface area (Å²) in [5.41, 5.74) is 3.35. The van der Waals surface area contributed by atoms with Crippen LogP contribution < -0.4 is 0 Å². The molecule has 4 rings (SSSR count). The van der Waals surface area contributed by atoms with Gasteiger partial charge in [0.25, 0.3) is 10.1 Å². The molecule has 0 bridgehead atoms. The first-order valence-corrected chi connectivity index (χ1v) is 10.3. The summed E-state index contributed by atoms with van der Waals surface area (Å²) in [4.78, 5) is 4.55. The first-order valence-electron chi connectivity index (χ1n) is 8.89. The standard InChI is InChI=1S/C23H17NO4S/c1-3-20(28-29(25,26)22-11-7-4-8-16(22)2)17-12-14-18(15-13-17)23-24-19-9-5-6-10-21(19)27-23/h1,4-15,20H,2H3. The molecule has 1 atom stereocenters. The van der Waals surface area contributed by atoms with E-state index in [2.05, 4.69) is 10.9 Å². The third-order valence-corrected chi connectivity index (χ3v) is 5.93. The van der Waals surface area contributed by atoms with E-state index in [1.807, 2.05) is 24.3 Å². The molecule has 29 heavy (non-hydrogen) atoms. The SMILES string of the molecule is C#CC(OS(=O)(=O)c1ccccc1C)c1ccc(-c2nc3ccccc3o2)cc1. The lowest BCUT2D eigenvalue weighted by Crippen LogP contribution is -2.12. The van der Waals surface area contributed by atoms with Crippen LogP contribution in [0.25, 0.3) is 22.6 Å². The predicted octanol–water partition coefficient (Wildman–Crippen LogP) is 4.88. The van der Waals surface area contributed by atoms with Gasteiger partial charge >= 0.3 is 0 Å². The van der Waals surface area contributed by atoms with Gasteiger partial charge in [-0.15, -0.1) is 6.42 Å². The number of hydrogen-bond donors (Lipinski definition) is 0. The largest absolute Gasteiger partial charge is 0.436 e. The van der Waals surface area contributed by atoms with E-state index in [1.165, 1.54) is 6.07 Å². The minimum atomic E-state index is -4.00. The van der Waals surface area contributed by atoms with Crippen molar-refractivity contribution in [2.24, 2.45) is 0 Å². The molecule has 0 N–H and O–H groups in total. The van der Waals surface area contributed by atoms with Crippen molar-refractivity contribution in [1.82, 2.24) is 4.98 Å². The smallest absolute Gasteiger partial charge is 0.298 e. The molecule has 0 spiro atoms. The van der Waals surface area contributed by atoms with Gasteiger partial charge in [0.15, 0.2) is 11.7 Å². The lowest BCUT2D eigenvalue weighted by Gasteiger charge is -2.14. The van der Waals surface area contributed by atoms with Crippen LogP contribution in [0.15, 0.2) is 82.1 Å². The van der Waals surface area contributed by atoms with Gasteiger partial charge in [-0.25, -0.2) is 9.17 Å². The van der Waals surface area contributed by atoms with Gasteiger partial charge in [-0.2, -0.15) is 8.42 Å². The highest BCUT2D eigenvalue weighted by Gasteiger charge is 2.23. The third kappa shape index (κ3) is 3.79. The van der Waals surface area contributed by atoms with E-state index in [0.29, 0.717) is 22.6 Å². The summed E-state index contributed by atoms with van der Waals surface area (Å²) >= 11 is 0. The van der Waals surface area contributed by atoms with E-state index < -0.39 is 16.2 Å². The van der Waals surface area contributed by atoms with Gasteiger partial charge in [0.2, 0.25) is 5.89 Å². The fraction of sp³-hybridized carbons (Fsp3) is 0.0870. The molecular formula is C23H17NO4S.